The maximum Gasteiger partial charge on any atom is 0.129 e. The summed E-state index contributed by atoms with van der Waals surface area (Å²) in [5.74, 6) is 0.974. The molecule has 0 bridgehead atoms. The molecule has 0 radical (unpaired) electrons. The van der Waals surface area contributed by atoms with E-state index in [1.807, 2.05) is 29.7 Å². The van der Waals surface area contributed by atoms with Gasteiger partial charge in [-0.1, -0.05) is 40.9 Å². The fraction of sp³-hybridized carbons (Fsp3) is 0.133. The van der Waals surface area contributed by atoms with Crippen molar-refractivity contribution in [1.29, 1.82) is 0 Å². The number of alkyl halides is 1. The van der Waals surface area contributed by atoms with Crippen molar-refractivity contribution in [3.05, 3.63) is 56.8 Å². The maximum atomic E-state index is 6.32. The van der Waals surface area contributed by atoms with Crippen molar-refractivity contribution in [2.24, 2.45) is 0 Å². The fourth-order valence-corrected chi connectivity index (χ4v) is 3.09. The average Bonchev–Trinajstić information content (AvgIpc) is 2.80. The van der Waals surface area contributed by atoms with Crippen LogP contribution in [0.4, 0.5) is 0 Å². The van der Waals surface area contributed by atoms with Crippen molar-refractivity contribution < 1.29 is 0 Å². The summed E-state index contributed by atoms with van der Waals surface area (Å²) in [7, 11) is 0. The highest BCUT2D eigenvalue weighted by Crippen LogP contribution is 2.34. The van der Waals surface area contributed by atoms with Gasteiger partial charge >= 0.3 is 0 Å². The molecule has 0 saturated heterocycles. The van der Waals surface area contributed by atoms with Gasteiger partial charge in [0.1, 0.15) is 5.82 Å². The maximum absolute atomic E-state index is 6.32. The monoisotopic (exact) mass is 358 g/mol. The van der Waals surface area contributed by atoms with Crippen LogP contribution in [0.25, 0.3) is 16.7 Å². The molecule has 0 aliphatic heterocycles. The first-order valence-electron chi connectivity index (χ1n) is 6.20. The molecule has 0 unspecified atom stereocenters. The second-order valence-electron chi connectivity index (χ2n) is 4.71. The molecule has 0 aliphatic carbocycles. The smallest absolute Gasteiger partial charge is 0.129 e. The first kappa shape index (κ1) is 15.0. The molecule has 2 aromatic carbocycles. The number of benzene rings is 2. The van der Waals surface area contributed by atoms with Gasteiger partial charge in [-0.2, -0.15) is 0 Å². The molecule has 6 heteroatoms. The lowest BCUT2D eigenvalue weighted by Crippen LogP contribution is -2.00. The van der Waals surface area contributed by atoms with E-state index in [0.717, 1.165) is 16.6 Å². The Hall–Kier alpha value is -0.930. The number of imidazole rings is 1. The Morgan fingerprint density at radius 1 is 1.00 bits per heavy atom. The summed E-state index contributed by atoms with van der Waals surface area (Å²) in [5, 5.41) is 1.35. The summed E-state index contributed by atoms with van der Waals surface area (Å²) in [5.41, 5.74) is 3.64. The molecule has 0 saturated carbocycles. The van der Waals surface area contributed by atoms with Crippen molar-refractivity contribution in [3.63, 3.8) is 0 Å². The van der Waals surface area contributed by atoms with E-state index in [0.29, 0.717) is 26.6 Å². The molecule has 3 rings (SSSR count). The number of fused-ring (bicyclic) bond motifs is 1. The summed E-state index contributed by atoms with van der Waals surface area (Å²) in [6, 6.07) is 9.37. The second-order valence-corrected chi connectivity index (χ2v) is 6.20. The SMILES string of the molecule is Cc1ccc2c(c1)nc(CCl)n2-c1cc(Cl)c(Cl)cc1Cl. The Balaban J connectivity index is 2.36. The zero-order valence-electron chi connectivity index (χ0n) is 11.0. The zero-order valence-corrected chi connectivity index (χ0v) is 14.0. The van der Waals surface area contributed by atoms with E-state index >= 15 is 0 Å². The number of aryl methyl sites for hydroxylation is 1. The number of nitrogens with zero attached hydrogens (tertiary/aromatic N) is 2. The average molecular weight is 360 g/mol. The van der Waals surface area contributed by atoms with Gasteiger partial charge in [0.2, 0.25) is 0 Å². The Morgan fingerprint density at radius 3 is 2.43 bits per heavy atom. The van der Waals surface area contributed by atoms with Gasteiger partial charge in [0.15, 0.2) is 0 Å². The van der Waals surface area contributed by atoms with Gasteiger partial charge in [-0.15, -0.1) is 11.6 Å². The molecule has 3 aromatic rings. The molecule has 0 spiro atoms. The van der Waals surface area contributed by atoms with E-state index in [9.17, 15) is 0 Å². The second kappa shape index (κ2) is 5.69. The van der Waals surface area contributed by atoms with E-state index in [4.69, 9.17) is 46.4 Å². The largest absolute Gasteiger partial charge is 0.294 e. The molecule has 1 aromatic heterocycles. The molecule has 1 heterocycles. The number of hydrogen-bond acceptors (Lipinski definition) is 1. The molecule has 0 fully saturated rings. The first-order valence-corrected chi connectivity index (χ1v) is 7.87. The van der Waals surface area contributed by atoms with E-state index in [-0.39, 0.29) is 5.88 Å². The van der Waals surface area contributed by atoms with Gasteiger partial charge in [0, 0.05) is 0 Å². The summed E-state index contributed by atoms with van der Waals surface area (Å²) in [4.78, 5) is 4.56. The molecular formula is C15H10Cl4N2. The normalized spacial score (nSPS) is 11.3. The number of aromatic nitrogens is 2. The van der Waals surface area contributed by atoms with E-state index in [1.54, 1.807) is 12.1 Å². The summed E-state index contributed by atoms with van der Waals surface area (Å²) in [6.45, 7) is 2.02. The van der Waals surface area contributed by atoms with Crippen LogP contribution in [-0.2, 0) is 5.88 Å². The van der Waals surface area contributed by atoms with Crippen molar-refractivity contribution in [3.8, 4) is 5.69 Å². The minimum atomic E-state index is 0.268. The highest BCUT2D eigenvalue weighted by molar-refractivity contribution is 6.43. The molecule has 0 N–H and O–H groups in total. The van der Waals surface area contributed by atoms with Crippen LogP contribution in [0.1, 0.15) is 11.4 Å². The molecule has 0 amide bonds. The molecule has 108 valence electrons. The molecule has 0 atom stereocenters. The topological polar surface area (TPSA) is 17.8 Å². The third kappa shape index (κ3) is 2.62. The van der Waals surface area contributed by atoms with Crippen molar-refractivity contribution in [2.45, 2.75) is 12.8 Å². The van der Waals surface area contributed by atoms with E-state index in [1.165, 1.54) is 0 Å². The van der Waals surface area contributed by atoms with Gasteiger partial charge in [-0.05, 0) is 36.8 Å². The van der Waals surface area contributed by atoms with Crippen LogP contribution in [0.15, 0.2) is 30.3 Å². The summed E-state index contributed by atoms with van der Waals surface area (Å²) < 4.78 is 1.91. The van der Waals surface area contributed by atoms with Crippen LogP contribution >= 0.6 is 46.4 Å². The quantitative estimate of drug-likeness (QED) is 0.403. The Kier molecular flexibility index (Phi) is 4.06. The molecule has 21 heavy (non-hydrogen) atoms. The lowest BCUT2D eigenvalue weighted by atomic mass is 10.2. The minimum Gasteiger partial charge on any atom is -0.294 e. The summed E-state index contributed by atoms with van der Waals surface area (Å²) >= 11 is 24.5. The van der Waals surface area contributed by atoms with E-state index in [2.05, 4.69) is 4.98 Å². The highest BCUT2D eigenvalue weighted by atomic mass is 35.5. The first-order chi connectivity index (χ1) is 10.0. The van der Waals surface area contributed by atoms with Crippen molar-refractivity contribution >= 4 is 57.4 Å². The number of halogens is 4. The van der Waals surface area contributed by atoms with Gasteiger partial charge in [0.25, 0.3) is 0 Å². The Labute approximate surface area is 142 Å². The molecule has 2 nitrogen and oxygen atoms in total. The number of hydrogen-bond donors (Lipinski definition) is 0. The molecular weight excluding hydrogens is 350 g/mol. The lowest BCUT2D eigenvalue weighted by molar-refractivity contribution is 0.982. The van der Waals surface area contributed by atoms with Gasteiger partial charge in [0.05, 0.1) is 37.7 Å². The van der Waals surface area contributed by atoms with Crippen LogP contribution in [0.3, 0.4) is 0 Å². The van der Waals surface area contributed by atoms with Crippen LogP contribution < -0.4 is 0 Å². The van der Waals surface area contributed by atoms with Crippen molar-refractivity contribution in [2.75, 3.05) is 0 Å². The summed E-state index contributed by atoms with van der Waals surface area (Å²) in [6.07, 6.45) is 0. The Bertz CT molecular complexity index is 839. The standard InChI is InChI=1S/C15H10Cl4N2/c1-8-2-3-13-12(4-8)20-15(7-16)21(13)14-6-10(18)9(17)5-11(14)19/h2-6H,7H2,1H3. The third-order valence-corrected chi connectivity index (χ3v) is 4.49. The van der Waals surface area contributed by atoms with Crippen molar-refractivity contribution in [1.82, 2.24) is 9.55 Å². The Morgan fingerprint density at radius 2 is 1.71 bits per heavy atom. The predicted molar refractivity (Wildman–Crippen MR) is 90.4 cm³/mol. The van der Waals surface area contributed by atoms with E-state index < -0.39 is 0 Å². The fourth-order valence-electron chi connectivity index (χ4n) is 2.28. The number of rotatable bonds is 2. The van der Waals surface area contributed by atoms with Crippen LogP contribution in [0.2, 0.25) is 15.1 Å². The van der Waals surface area contributed by atoms with Crippen LogP contribution in [-0.4, -0.2) is 9.55 Å². The predicted octanol–water partition coefficient (Wildman–Crippen LogP) is 6.03. The van der Waals surface area contributed by atoms with Crippen LogP contribution in [0, 0.1) is 6.92 Å². The van der Waals surface area contributed by atoms with Crippen LogP contribution in [0.5, 0.6) is 0 Å². The van der Waals surface area contributed by atoms with Gasteiger partial charge in [-0.25, -0.2) is 4.98 Å². The van der Waals surface area contributed by atoms with Gasteiger partial charge < -0.3 is 0 Å². The minimum absolute atomic E-state index is 0.268. The van der Waals surface area contributed by atoms with Gasteiger partial charge in [-0.3, -0.25) is 4.57 Å². The highest BCUT2D eigenvalue weighted by Gasteiger charge is 2.16. The molecule has 0 aliphatic rings. The zero-order chi connectivity index (χ0) is 15.1. The lowest BCUT2D eigenvalue weighted by Gasteiger charge is -2.11. The third-order valence-electron chi connectivity index (χ3n) is 3.23.